The van der Waals surface area contributed by atoms with E-state index < -0.39 is 0 Å². The van der Waals surface area contributed by atoms with E-state index in [2.05, 4.69) is 63.2 Å². The number of hydrogen-bond donors (Lipinski definition) is 1. The molecule has 1 N–H and O–H groups in total. The van der Waals surface area contributed by atoms with E-state index in [0.29, 0.717) is 19.0 Å². The van der Waals surface area contributed by atoms with E-state index in [0.717, 1.165) is 32.5 Å². The van der Waals surface area contributed by atoms with E-state index in [4.69, 9.17) is 0 Å². The molecule has 2 heterocycles. The van der Waals surface area contributed by atoms with Crippen LogP contribution in [0.4, 0.5) is 11.6 Å². The van der Waals surface area contributed by atoms with Crippen molar-refractivity contribution in [1.82, 2.24) is 15.3 Å². The maximum Gasteiger partial charge on any atom is 0.225 e. The number of nitrogens with one attached hydrogen (secondary N) is 1. The minimum atomic E-state index is -0.00315. The average molecular weight is 367 g/mol. The summed E-state index contributed by atoms with van der Waals surface area (Å²) in [7, 11) is 0. The molecule has 27 heavy (non-hydrogen) atoms. The molecule has 1 aromatic carbocycles. The second-order valence-corrected chi connectivity index (χ2v) is 7.04. The number of carbonyl (C=O) groups is 1. The van der Waals surface area contributed by atoms with Crippen molar-refractivity contribution in [2.75, 3.05) is 42.5 Å². The number of amides is 1. The molecule has 6 nitrogen and oxygen atoms in total. The van der Waals surface area contributed by atoms with Crippen LogP contribution in [0.2, 0.25) is 0 Å². The van der Waals surface area contributed by atoms with Gasteiger partial charge in [-0.05, 0) is 50.5 Å². The fraction of sp³-hybridized carbons (Fsp3) is 0.476. The van der Waals surface area contributed by atoms with E-state index >= 15 is 0 Å². The topological polar surface area (TPSA) is 61.4 Å². The van der Waals surface area contributed by atoms with Gasteiger partial charge in [0.05, 0.1) is 5.92 Å². The zero-order chi connectivity index (χ0) is 19.1. The van der Waals surface area contributed by atoms with Crippen molar-refractivity contribution in [3.63, 3.8) is 0 Å². The third kappa shape index (κ3) is 5.18. The van der Waals surface area contributed by atoms with Gasteiger partial charge < -0.3 is 15.1 Å². The van der Waals surface area contributed by atoms with Crippen molar-refractivity contribution in [2.24, 2.45) is 5.92 Å². The summed E-state index contributed by atoms with van der Waals surface area (Å²) >= 11 is 0. The van der Waals surface area contributed by atoms with Gasteiger partial charge in [0.25, 0.3) is 0 Å². The van der Waals surface area contributed by atoms with Gasteiger partial charge in [-0.3, -0.25) is 4.79 Å². The Bertz CT molecular complexity index is 736. The molecule has 3 rings (SSSR count). The van der Waals surface area contributed by atoms with Gasteiger partial charge in [-0.25, -0.2) is 9.97 Å². The maximum atomic E-state index is 12.6. The van der Waals surface area contributed by atoms with E-state index in [9.17, 15) is 4.79 Å². The number of aryl methyl sites for hydroxylation is 1. The Balaban J connectivity index is 1.50. The van der Waals surface area contributed by atoms with Crippen LogP contribution in [-0.2, 0) is 4.79 Å². The highest BCUT2D eigenvalue weighted by molar-refractivity contribution is 5.79. The molecule has 0 aliphatic carbocycles. The fourth-order valence-corrected chi connectivity index (χ4v) is 3.58. The van der Waals surface area contributed by atoms with Crippen LogP contribution in [0.3, 0.4) is 0 Å². The molecular weight excluding hydrogens is 338 g/mol. The molecule has 1 fully saturated rings. The predicted octanol–water partition coefficient (Wildman–Crippen LogP) is 2.64. The zero-order valence-corrected chi connectivity index (χ0v) is 16.3. The first-order valence-corrected chi connectivity index (χ1v) is 9.78. The number of rotatable bonds is 7. The number of aromatic nitrogens is 2. The normalized spacial score (nSPS) is 16.8. The van der Waals surface area contributed by atoms with Crippen LogP contribution in [0.5, 0.6) is 0 Å². The molecule has 6 heteroatoms. The summed E-state index contributed by atoms with van der Waals surface area (Å²) in [6.07, 6.45) is 5.40. The smallest absolute Gasteiger partial charge is 0.225 e. The highest BCUT2D eigenvalue weighted by Gasteiger charge is 2.26. The first-order chi connectivity index (χ1) is 13.2. The van der Waals surface area contributed by atoms with Crippen LogP contribution in [-0.4, -0.2) is 48.6 Å². The Morgan fingerprint density at radius 3 is 2.85 bits per heavy atom. The molecule has 0 radical (unpaired) electrons. The van der Waals surface area contributed by atoms with E-state index in [-0.39, 0.29) is 11.8 Å². The maximum absolute atomic E-state index is 12.6. The van der Waals surface area contributed by atoms with Crippen LogP contribution in [0.15, 0.2) is 42.7 Å². The summed E-state index contributed by atoms with van der Waals surface area (Å²) in [5.74, 6) is 0.846. The van der Waals surface area contributed by atoms with Gasteiger partial charge in [0.2, 0.25) is 11.9 Å². The van der Waals surface area contributed by atoms with Gasteiger partial charge in [-0.2, -0.15) is 0 Å². The molecule has 0 spiro atoms. The lowest BCUT2D eigenvalue weighted by Gasteiger charge is -2.32. The third-order valence-electron chi connectivity index (χ3n) is 5.06. The number of piperidine rings is 1. The molecular formula is C21H29N5O. The molecule has 1 amide bonds. The lowest BCUT2D eigenvalue weighted by molar-refractivity contribution is -0.125. The van der Waals surface area contributed by atoms with Crippen LogP contribution in [0.25, 0.3) is 0 Å². The number of nitrogens with zero attached hydrogens (tertiary/aromatic N) is 4. The Morgan fingerprint density at radius 1 is 1.30 bits per heavy atom. The second-order valence-electron chi connectivity index (χ2n) is 7.04. The summed E-state index contributed by atoms with van der Waals surface area (Å²) < 4.78 is 0. The molecule has 144 valence electrons. The van der Waals surface area contributed by atoms with Crippen LogP contribution in [0.1, 0.15) is 25.3 Å². The quantitative estimate of drug-likeness (QED) is 0.815. The van der Waals surface area contributed by atoms with Crippen LogP contribution < -0.4 is 15.1 Å². The lowest BCUT2D eigenvalue weighted by Crippen LogP contribution is -2.45. The van der Waals surface area contributed by atoms with Gasteiger partial charge in [-0.15, -0.1) is 0 Å². The first-order valence-electron chi connectivity index (χ1n) is 9.78. The predicted molar refractivity (Wildman–Crippen MR) is 109 cm³/mol. The molecule has 0 bridgehead atoms. The number of benzene rings is 1. The molecule has 1 atom stereocenters. The number of hydrogen-bond acceptors (Lipinski definition) is 5. The van der Waals surface area contributed by atoms with Crippen molar-refractivity contribution in [1.29, 1.82) is 0 Å². The van der Waals surface area contributed by atoms with Crippen molar-refractivity contribution >= 4 is 17.5 Å². The summed E-state index contributed by atoms with van der Waals surface area (Å²) in [5.41, 5.74) is 2.46. The highest BCUT2D eigenvalue weighted by Crippen LogP contribution is 2.20. The van der Waals surface area contributed by atoms with Crippen molar-refractivity contribution in [3.8, 4) is 0 Å². The molecule has 1 aromatic heterocycles. The number of likely N-dealkylation sites (N-methyl/N-ethyl adjacent to an activating group) is 1. The zero-order valence-electron chi connectivity index (χ0n) is 16.3. The molecule has 1 aliphatic rings. The standard InChI is InChI=1S/C21H29N5O/c1-3-25(19-9-4-7-17(2)15-19)14-12-22-20(27)18-8-5-13-26(16-18)21-23-10-6-11-24-21/h4,6-7,9-11,15,18H,3,5,8,12-14,16H2,1-2H3,(H,22,27). The largest absolute Gasteiger partial charge is 0.370 e. The van der Waals surface area contributed by atoms with Gasteiger partial charge in [0.15, 0.2) is 0 Å². The molecule has 1 aliphatic heterocycles. The highest BCUT2D eigenvalue weighted by atomic mass is 16.1. The average Bonchev–Trinajstić information content (AvgIpc) is 2.72. The number of carbonyl (C=O) groups excluding carboxylic acids is 1. The van der Waals surface area contributed by atoms with Gasteiger partial charge in [-0.1, -0.05) is 12.1 Å². The van der Waals surface area contributed by atoms with E-state index in [1.54, 1.807) is 12.4 Å². The second kappa shape index (κ2) is 9.35. The lowest BCUT2D eigenvalue weighted by atomic mass is 9.97. The molecule has 2 aromatic rings. The first kappa shape index (κ1) is 19.1. The summed E-state index contributed by atoms with van der Waals surface area (Å²) in [4.78, 5) is 25.7. The summed E-state index contributed by atoms with van der Waals surface area (Å²) in [6, 6.07) is 10.3. The Labute approximate surface area is 161 Å². The van der Waals surface area contributed by atoms with Gasteiger partial charge in [0.1, 0.15) is 0 Å². The van der Waals surface area contributed by atoms with Crippen LogP contribution >= 0.6 is 0 Å². The van der Waals surface area contributed by atoms with Crippen molar-refractivity contribution in [3.05, 3.63) is 48.3 Å². The summed E-state index contributed by atoms with van der Waals surface area (Å²) in [6.45, 7) is 8.22. The SMILES string of the molecule is CCN(CCNC(=O)C1CCCN(c2ncccn2)C1)c1cccc(C)c1. The van der Waals surface area contributed by atoms with E-state index in [1.165, 1.54) is 11.3 Å². The molecule has 0 saturated carbocycles. The third-order valence-corrected chi connectivity index (χ3v) is 5.06. The molecule has 1 saturated heterocycles. The Kier molecular flexibility index (Phi) is 6.63. The van der Waals surface area contributed by atoms with Gasteiger partial charge in [0, 0.05) is 50.8 Å². The van der Waals surface area contributed by atoms with Crippen molar-refractivity contribution < 1.29 is 4.79 Å². The van der Waals surface area contributed by atoms with Crippen molar-refractivity contribution in [2.45, 2.75) is 26.7 Å². The number of anilines is 2. The van der Waals surface area contributed by atoms with Crippen LogP contribution in [0, 0.1) is 12.8 Å². The minimum absolute atomic E-state index is 0.00315. The van der Waals surface area contributed by atoms with E-state index in [1.807, 2.05) is 6.07 Å². The minimum Gasteiger partial charge on any atom is -0.370 e. The Morgan fingerprint density at radius 2 is 2.11 bits per heavy atom. The Hall–Kier alpha value is -2.63. The monoisotopic (exact) mass is 367 g/mol. The summed E-state index contributed by atoms with van der Waals surface area (Å²) in [5, 5.41) is 3.13. The molecule has 1 unspecified atom stereocenters. The van der Waals surface area contributed by atoms with Gasteiger partial charge >= 0.3 is 0 Å². The fourth-order valence-electron chi connectivity index (χ4n) is 3.58.